The number of piperidine rings is 1. The molecule has 1 aliphatic rings. The van der Waals surface area contributed by atoms with Crippen molar-refractivity contribution >= 4 is 27.6 Å². The number of anilines is 1. The normalized spacial score (nSPS) is 16.2. The van der Waals surface area contributed by atoms with Gasteiger partial charge >= 0.3 is 5.97 Å². The Hall–Kier alpha value is -2.91. The van der Waals surface area contributed by atoms with Crippen LogP contribution in [0.3, 0.4) is 0 Å². The quantitative estimate of drug-likeness (QED) is 0.608. The van der Waals surface area contributed by atoms with E-state index in [1.165, 1.54) is 11.4 Å². The van der Waals surface area contributed by atoms with E-state index in [-0.39, 0.29) is 18.8 Å². The van der Waals surface area contributed by atoms with Crippen molar-refractivity contribution < 1.29 is 27.5 Å². The average Bonchev–Trinajstić information content (AvgIpc) is 2.83. The summed E-state index contributed by atoms with van der Waals surface area (Å²) in [5.41, 5.74) is 1.07. The monoisotopic (exact) mass is 460 g/mol. The molecule has 1 heterocycles. The van der Waals surface area contributed by atoms with Gasteiger partial charge in [-0.1, -0.05) is 36.4 Å². The molecule has 0 aromatic heterocycles. The van der Waals surface area contributed by atoms with E-state index in [0.29, 0.717) is 29.8 Å². The first-order valence-electron chi connectivity index (χ1n) is 10.5. The molecule has 3 rings (SSSR count). The lowest BCUT2D eigenvalue weighted by Gasteiger charge is -2.30. The second-order valence-corrected chi connectivity index (χ2v) is 9.78. The van der Waals surface area contributed by atoms with Gasteiger partial charge in [0, 0.05) is 30.4 Å². The number of carbonyl (C=O) groups is 2. The van der Waals surface area contributed by atoms with E-state index < -0.39 is 33.9 Å². The molecule has 1 N–H and O–H groups in total. The molecule has 9 heteroatoms. The van der Waals surface area contributed by atoms with E-state index in [2.05, 4.69) is 5.32 Å². The number of carbonyl (C=O) groups excluding carboxylic acids is 2. The van der Waals surface area contributed by atoms with E-state index in [9.17, 15) is 18.0 Å². The molecule has 1 fully saturated rings. The molecule has 0 unspecified atom stereocenters. The first kappa shape index (κ1) is 23.7. The summed E-state index contributed by atoms with van der Waals surface area (Å²) in [6, 6.07) is 15.7. The minimum atomic E-state index is -3.28. The number of hydrogen-bond acceptors (Lipinski definition) is 6. The van der Waals surface area contributed by atoms with Crippen LogP contribution < -0.4 is 10.1 Å². The lowest BCUT2D eigenvalue weighted by Crippen LogP contribution is -2.41. The summed E-state index contributed by atoms with van der Waals surface area (Å²) in [5, 5.41) is 2.77. The van der Waals surface area contributed by atoms with Crippen LogP contribution in [0.2, 0.25) is 0 Å². The van der Waals surface area contributed by atoms with Gasteiger partial charge in [-0.25, -0.2) is 12.7 Å². The number of amides is 1. The van der Waals surface area contributed by atoms with Crippen LogP contribution in [-0.2, 0) is 24.3 Å². The summed E-state index contributed by atoms with van der Waals surface area (Å²) < 4.78 is 36.4. The Bertz CT molecular complexity index is 1030. The number of hydrogen-bond donors (Lipinski definition) is 1. The highest BCUT2D eigenvalue weighted by Gasteiger charge is 2.34. The minimum absolute atomic E-state index is 0.0304. The number of nitrogens with zero attached hydrogens (tertiary/aromatic N) is 1. The third-order valence-electron chi connectivity index (χ3n) is 5.46. The molecule has 0 spiro atoms. The van der Waals surface area contributed by atoms with Crippen molar-refractivity contribution in [2.45, 2.75) is 25.9 Å². The lowest BCUT2D eigenvalue weighted by molar-refractivity contribution is -0.160. The van der Waals surface area contributed by atoms with Crippen molar-refractivity contribution in [2.24, 2.45) is 5.92 Å². The summed E-state index contributed by atoms with van der Waals surface area (Å²) in [6.07, 6.45) is -0.416. The third-order valence-corrected chi connectivity index (χ3v) is 7.34. The fraction of sp³-hybridized carbons (Fsp3) is 0.391. The maximum Gasteiger partial charge on any atom is 0.310 e. The molecule has 1 atom stereocenters. The van der Waals surface area contributed by atoms with E-state index >= 15 is 0 Å². The first-order chi connectivity index (χ1) is 15.3. The van der Waals surface area contributed by atoms with Crippen molar-refractivity contribution in [2.75, 3.05) is 31.3 Å². The van der Waals surface area contributed by atoms with Gasteiger partial charge in [-0.05, 0) is 31.9 Å². The van der Waals surface area contributed by atoms with Crippen molar-refractivity contribution in [1.82, 2.24) is 4.31 Å². The molecular formula is C23H28N2O6S. The number of esters is 1. The molecule has 32 heavy (non-hydrogen) atoms. The van der Waals surface area contributed by atoms with Crippen molar-refractivity contribution in [3.05, 3.63) is 60.2 Å². The molecule has 0 radical (unpaired) electrons. The highest BCUT2D eigenvalue weighted by atomic mass is 32.2. The highest BCUT2D eigenvalue weighted by molar-refractivity contribution is 7.89. The van der Waals surface area contributed by atoms with E-state index in [1.54, 1.807) is 55.5 Å². The number of methoxy groups -OCH3 is 1. The molecule has 8 nitrogen and oxygen atoms in total. The van der Waals surface area contributed by atoms with Crippen molar-refractivity contribution in [3.63, 3.8) is 0 Å². The Morgan fingerprint density at radius 3 is 2.41 bits per heavy atom. The van der Waals surface area contributed by atoms with Gasteiger partial charge < -0.3 is 14.8 Å². The number of rotatable bonds is 8. The standard InChI is InChI=1S/C23H28N2O6S/c1-3-32(28,29)25-14-12-18(13-15-25)23(27)31-21(17-8-5-4-6-9-17)22(26)24-19-10-7-11-20(16-19)30-2/h4-11,16,18,21H,3,12-15H2,1-2H3,(H,24,26)/t21-/m0/s1. The van der Waals surface area contributed by atoms with E-state index in [1.807, 2.05) is 6.07 Å². The molecule has 0 saturated carbocycles. The lowest BCUT2D eigenvalue weighted by atomic mass is 9.98. The fourth-order valence-electron chi connectivity index (χ4n) is 3.57. The van der Waals surface area contributed by atoms with E-state index in [4.69, 9.17) is 9.47 Å². The average molecular weight is 461 g/mol. The smallest absolute Gasteiger partial charge is 0.310 e. The zero-order valence-electron chi connectivity index (χ0n) is 18.2. The summed E-state index contributed by atoms with van der Waals surface area (Å²) in [6.45, 7) is 2.13. The van der Waals surface area contributed by atoms with Gasteiger partial charge in [-0.15, -0.1) is 0 Å². The molecule has 0 bridgehead atoms. The molecule has 1 saturated heterocycles. The highest BCUT2D eigenvalue weighted by Crippen LogP contribution is 2.27. The first-order valence-corrected chi connectivity index (χ1v) is 12.1. The second-order valence-electron chi connectivity index (χ2n) is 7.52. The maximum atomic E-state index is 13.0. The molecule has 1 amide bonds. The molecule has 1 aliphatic heterocycles. The van der Waals surface area contributed by atoms with Gasteiger partial charge in [0.25, 0.3) is 5.91 Å². The molecule has 172 valence electrons. The number of nitrogens with one attached hydrogen (secondary N) is 1. The Labute approximate surface area is 188 Å². The third kappa shape index (κ3) is 5.86. The van der Waals surface area contributed by atoms with Crippen LogP contribution >= 0.6 is 0 Å². The molecular weight excluding hydrogens is 432 g/mol. The number of benzene rings is 2. The predicted octanol–water partition coefficient (Wildman–Crippen LogP) is 2.98. The van der Waals surface area contributed by atoms with Gasteiger partial charge in [0.05, 0.1) is 18.8 Å². The number of sulfonamides is 1. The second kappa shape index (κ2) is 10.6. The van der Waals surface area contributed by atoms with Gasteiger partial charge in [-0.3, -0.25) is 9.59 Å². The van der Waals surface area contributed by atoms with Gasteiger partial charge in [-0.2, -0.15) is 0 Å². The largest absolute Gasteiger partial charge is 0.497 e. The van der Waals surface area contributed by atoms with Crippen LogP contribution in [0.4, 0.5) is 5.69 Å². The van der Waals surface area contributed by atoms with Crippen LogP contribution in [-0.4, -0.2) is 50.6 Å². The SMILES string of the molecule is CCS(=O)(=O)N1CCC(C(=O)O[C@H](C(=O)Nc2cccc(OC)c2)c2ccccc2)CC1. The van der Waals surface area contributed by atoms with Gasteiger partial charge in [0.2, 0.25) is 16.1 Å². The molecule has 2 aromatic carbocycles. The summed E-state index contributed by atoms with van der Waals surface area (Å²) in [4.78, 5) is 25.9. The molecule has 0 aliphatic carbocycles. The van der Waals surface area contributed by atoms with Crippen molar-refractivity contribution in [3.8, 4) is 5.75 Å². The van der Waals surface area contributed by atoms with Crippen LogP contribution in [0.25, 0.3) is 0 Å². The topological polar surface area (TPSA) is 102 Å². The Kier molecular flexibility index (Phi) is 7.87. The van der Waals surface area contributed by atoms with Crippen LogP contribution in [0.1, 0.15) is 31.4 Å². The Morgan fingerprint density at radius 2 is 1.78 bits per heavy atom. The predicted molar refractivity (Wildman–Crippen MR) is 121 cm³/mol. The Morgan fingerprint density at radius 1 is 1.09 bits per heavy atom. The van der Waals surface area contributed by atoms with Crippen LogP contribution in [0.15, 0.2) is 54.6 Å². The van der Waals surface area contributed by atoms with Gasteiger partial charge in [0.15, 0.2) is 0 Å². The summed E-state index contributed by atoms with van der Waals surface area (Å²) in [5.74, 6) is -0.834. The van der Waals surface area contributed by atoms with Crippen molar-refractivity contribution in [1.29, 1.82) is 0 Å². The maximum absolute atomic E-state index is 13.0. The van der Waals surface area contributed by atoms with Crippen LogP contribution in [0, 0.1) is 5.92 Å². The van der Waals surface area contributed by atoms with Crippen LogP contribution in [0.5, 0.6) is 5.75 Å². The Balaban J connectivity index is 1.71. The summed E-state index contributed by atoms with van der Waals surface area (Å²) in [7, 11) is -1.75. The zero-order chi connectivity index (χ0) is 23.1. The zero-order valence-corrected chi connectivity index (χ0v) is 19.0. The van der Waals surface area contributed by atoms with E-state index in [0.717, 1.165) is 0 Å². The summed E-state index contributed by atoms with van der Waals surface area (Å²) >= 11 is 0. The molecule has 2 aromatic rings. The number of ether oxygens (including phenoxy) is 2. The minimum Gasteiger partial charge on any atom is -0.497 e. The van der Waals surface area contributed by atoms with Gasteiger partial charge in [0.1, 0.15) is 5.75 Å². The fourth-order valence-corrected chi connectivity index (χ4v) is 4.71.